The van der Waals surface area contributed by atoms with Crippen LogP contribution in [-0.2, 0) is 20.7 Å². The standard InChI is InChI=1S/C27H29NO10.ClH/c1-10-22(30)14(28)7-17(37-10)38-16-9-27(35,11(2)29)8-13-19(16)26(34)21-20(24(13)32)23(31)12-5-4-6-15(36-3)18(12)25(21)33;/h4-6,10,14,16-17,22,30,32,34-35H,7-9,28H2,1-3H3;1H/p-1/t10-,14-,16-,17-,22+,27-;/m1./s1. The third kappa shape index (κ3) is 4.39. The number of aliphatic hydroxyl groups excluding tert-OH is 1. The molecule has 12 heteroatoms. The van der Waals surface area contributed by atoms with E-state index in [1.54, 1.807) is 6.92 Å². The van der Waals surface area contributed by atoms with Crippen LogP contribution in [0.25, 0.3) is 0 Å². The molecular formula is C27H29ClNO10-. The number of Topliss-reactive ketones (excluding diaryl/α,β-unsaturated/α-hetero) is 1. The third-order valence-corrected chi connectivity index (χ3v) is 7.80. The first kappa shape index (κ1) is 28.9. The summed E-state index contributed by atoms with van der Waals surface area (Å²) in [6, 6.07) is 3.75. The van der Waals surface area contributed by atoms with Crippen LogP contribution in [0.2, 0.25) is 0 Å². The predicted molar refractivity (Wildman–Crippen MR) is 130 cm³/mol. The molecule has 0 aromatic heterocycles. The number of methoxy groups -OCH3 is 1. The SMILES string of the molecule is COc1cccc2c1C(=O)c1c(O)c3c(c(O)c1C2=O)C[C@](O)(C(C)=O)C[C@H]3O[C@@H]1C[C@@H](N)[C@@H](O)[C@@H](C)O1.[Cl-]. The van der Waals surface area contributed by atoms with Gasteiger partial charge in [-0.2, -0.15) is 0 Å². The summed E-state index contributed by atoms with van der Waals surface area (Å²) in [4.78, 5) is 39.6. The number of ketones is 3. The summed E-state index contributed by atoms with van der Waals surface area (Å²) >= 11 is 0. The van der Waals surface area contributed by atoms with Crippen LogP contribution < -0.4 is 22.9 Å². The zero-order chi connectivity index (χ0) is 27.7. The second-order valence-corrected chi connectivity index (χ2v) is 10.1. The van der Waals surface area contributed by atoms with E-state index in [-0.39, 0.29) is 53.3 Å². The Balaban J connectivity index is 0.00000353. The highest BCUT2D eigenvalue weighted by Gasteiger charge is 2.49. The molecule has 1 fully saturated rings. The number of rotatable bonds is 4. The molecule has 3 aliphatic rings. The first-order chi connectivity index (χ1) is 17.9. The summed E-state index contributed by atoms with van der Waals surface area (Å²) in [7, 11) is 1.34. The van der Waals surface area contributed by atoms with Crippen LogP contribution in [0.1, 0.15) is 75.8 Å². The highest BCUT2D eigenvalue weighted by atomic mass is 35.5. The summed E-state index contributed by atoms with van der Waals surface area (Å²) in [6.07, 6.45) is -4.53. The molecule has 210 valence electrons. The summed E-state index contributed by atoms with van der Waals surface area (Å²) in [5, 5.41) is 44.1. The number of ether oxygens (including phenoxy) is 3. The lowest BCUT2D eigenvalue weighted by Gasteiger charge is -2.42. The van der Waals surface area contributed by atoms with Gasteiger partial charge in [0, 0.05) is 42.0 Å². The molecule has 0 radical (unpaired) electrons. The second kappa shape index (κ2) is 10.2. The molecular weight excluding hydrogens is 534 g/mol. The van der Waals surface area contributed by atoms with Crippen molar-refractivity contribution in [1.82, 2.24) is 0 Å². The molecule has 0 unspecified atom stereocenters. The Hall–Kier alpha value is -3.06. The fraction of sp³-hybridized carbons (Fsp3) is 0.444. The average Bonchev–Trinajstić information content (AvgIpc) is 2.87. The molecule has 2 aliphatic carbocycles. The van der Waals surface area contributed by atoms with Gasteiger partial charge in [-0.3, -0.25) is 14.4 Å². The van der Waals surface area contributed by atoms with E-state index in [0.717, 1.165) is 0 Å². The number of aliphatic hydroxyl groups is 2. The van der Waals surface area contributed by atoms with Gasteiger partial charge in [-0.1, -0.05) is 12.1 Å². The van der Waals surface area contributed by atoms with Gasteiger partial charge in [0.05, 0.1) is 42.1 Å². The number of phenols is 2. The zero-order valence-corrected chi connectivity index (χ0v) is 22.2. The largest absolute Gasteiger partial charge is 1.00 e. The number of halogens is 1. The molecule has 0 amide bonds. The van der Waals surface area contributed by atoms with Gasteiger partial charge in [-0.25, -0.2) is 0 Å². The molecule has 0 saturated carbocycles. The van der Waals surface area contributed by atoms with Crippen molar-refractivity contribution in [2.75, 3.05) is 7.11 Å². The van der Waals surface area contributed by atoms with Gasteiger partial charge in [0.2, 0.25) is 5.78 Å². The maximum atomic E-state index is 13.6. The molecule has 2 aromatic carbocycles. The highest BCUT2D eigenvalue weighted by Crippen LogP contribution is 2.52. The van der Waals surface area contributed by atoms with E-state index >= 15 is 0 Å². The quantitative estimate of drug-likeness (QED) is 0.222. The summed E-state index contributed by atoms with van der Waals surface area (Å²) in [6.45, 7) is 2.79. The molecule has 2 aromatic rings. The first-order valence-corrected chi connectivity index (χ1v) is 12.2. The predicted octanol–water partition coefficient (Wildman–Crippen LogP) is -1.97. The molecule has 1 aliphatic heterocycles. The lowest BCUT2D eigenvalue weighted by Crippen LogP contribution is -3.00. The van der Waals surface area contributed by atoms with Gasteiger partial charge in [-0.15, -0.1) is 0 Å². The molecule has 39 heavy (non-hydrogen) atoms. The molecule has 6 atom stereocenters. The van der Waals surface area contributed by atoms with E-state index in [2.05, 4.69) is 0 Å². The molecule has 6 N–H and O–H groups in total. The normalized spacial score (nSPS) is 29.5. The van der Waals surface area contributed by atoms with Crippen molar-refractivity contribution in [3.8, 4) is 17.2 Å². The average molecular weight is 563 g/mol. The maximum absolute atomic E-state index is 13.6. The van der Waals surface area contributed by atoms with Crippen molar-refractivity contribution >= 4 is 17.3 Å². The smallest absolute Gasteiger partial charge is 0.202 e. The van der Waals surface area contributed by atoms with Gasteiger partial charge in [-0.05, 0) is 19.9 Å². The Bertz CT molecular complexity index is 1370. The van der Waals surface area contributed by atoms with Crippen molar-refractivity contribution in [1.29, 1.82) is 0 Å². The van der Waals surface area contributed by atoms with E-state index in [1.165, 1.54) is 32.2 Å². The lowest BCUT2D eigenvalue weighted by molar-refractivity contribution is -0.247. The van der Waals surface area contributed by atoms with Crippen molar-refractivity contribution in [2.24, 2.45) is 5.73 Å². The van der Waals surface area contributed by atoms with E-state index in [9.17, 15) is 34.8 Å². The molecule has 0 spiro atoms. The van der Waals surface area contributed by atoms with E-state index in [4.69, 9.17) is 19.9 Å². The van der Waals surface area contributed by atoms with Crippen LogP contribution in [0, 0.1) is 0 Å². The molecule has 1 heterocycles. The molecule has 0 bridgehead atoms. The van der Waals surface area contributed by atoms with Crippen molar-refractivity contribution in [3.05, 3.63) is 51.6 Å². The number of benzene rings is 2. The van der Waals surface area contributed by atoms with Crippen LogP contribution >= 0.6 is 0 Å². The Kier molecular flexibility index (Phi) is 7.54. The number of hydrogen-bond donors (Lipinski definition) is 5. The topological polar surface area (TPSA) is 186 Å². The number of aromatic hydroxyl groups is 2. The first-order valence-electron chi connectivity index (χ1n) is 12.2. The summed E-state index contributed by atoms with van der Waals surface area (Å²) in [5.74, 6) is -3.18. The fourth-order valence-corrected chi connectivity index (χ4v) is 5.66. The molecule has 5 rings (SSSR count). The highest BCUT2D eigenvalue weighted by molar-refractivity contribution is 6.31. The van der Waals surface area contributed by atoms with Crippen molar-refractivity contribution < 1.29 is 61.4 Å². The molecule has 1 saturated heterocycles. The number of phenolic OH excluding ortho intramolecular Hbond substituents is 2. The van der Waals surface area contributed by atoms with Crippen LogP contribution in [0.15, 0.2) is 18.2 Å². The number of nitrogens with two attached hydrogens (primary N) is 1. The minimum absolute atomic E-state index is 0. The van der Waals surface area contributed by atoms with Gasteiger partial charge >= 0.3 is 0 Å². The van der Waals surface area contributed by atoms with Crippen LogP contribution in [-0.4, -0.2) is 75.0 Å². The van der Waals surface area contributed by atoms with Crippen LogP contribution in [0.4, 0.5) is 0 Å². The van der Waals surface area contributed by atoms with Gasteiger partial charge in [0.15, 0.2) is 17.9 Å². The van der Waals surface area contributed by atoms with E-state index < -0.39 is 82.6 Å². The van der Waals surface area contributed by atoms with Gasteiger partial charge in [0.1, 0.15) is 22.8 Å². The summed E-state index contributed by atoms with van der Waals surface area (Å²) < 4.78 is 17.1. The van der Waals surface area contributed by atoms with Crippen molar-refractivity contribution in [2.45, 2.75) is 69.4 Å². The second-order valence-electron chi connectivity index (χ2n) is 10.1. The number of fused-ring (bicyclic) bond motifs is 3. The number of hydrogen-bond acceptors (Lipinski definition) is 11. The fourth-order valence-electron chi connectivity index (χ4n) is 5.66. The number of carbonyl (C=O) groups excluding carboxylic acids is 3. The minimum atomic E-state index is -2.00. The molecule has 11 nitrogen and oxygen atoms in total. The summed E-state index contributed by atoms with van der Waals surface area (Å²) in [5.41, 5.74) is 2.97. The lowest BCUT2D eigenvalue weighted by atomic mass is 9.72. The van der Waals surface area contributed by atoms with Crippen molar-refractivity contribution in [3.63, 3.8) is 0 Å². The monoisotopic (exact) mass is 562 g/mol. The van der Waals surface area contributed by atoms with Gasteiger partial charge < -0.3 is 52.8 Å². The maximum Gasteiger partial charge on any atom is 0.202 e. The number of carbonyl (C=O) groups is 3. The zero-order valence-electron chi connectivity index (χ0n) is 21.4. The van der Waals surface area contributed by atoms with Gasteiger partial charge in [0.25, 0.3) is 0 Å². The van der Waals surface area contributed by atoms with Crippen LogP contribution in [0.5, 0.6) is 17.2 Å². The Morgan fingerprint density at radius 1 is 1.13 bits per heavy atom. The van der Waals surface area contributed by atoms with E-state index in [1.807, 2.05) is 0 Å². The Morgan fingerprint density at radius 2 is 1.79 bits per heavy atom. The Morgan fingerprint density at radius 3 is 2.41 bits per heavy atom. The van der Waals surface area contributed by atoms with E-state index in [0.29, 0.717) is 0 Å². The third-order valence-electron chi connectivity index (χ3n) is 7.80. The Labute approximate surface area is 229 Å². The van der Waals surface area contributed by atoms with Crippen LogP contribution in [0.3, 0.4) is 0 Å². The minimum Gasteiger partial charge on any atom is -1.00 e.